The van der Waals surface area contributed by atoms with Gasteiger partial charge in [-0.3, -0.25) is 0 Å². The molecule has 152 valence electrons. The van der Waals surface area contributed by atoms with Crippen LogP contribution in [-0.4, -0.2) is 29.5 Å². The van der Waals surface area contributed by atoms with E-state index >= 15 is 0 Å². The Morgan fingerprint density at radius 2 is 1.69 bits per heavy atom. The van der Waals surface area contributed by atoms with Gasteiger partial charge in [-0.1, -0.05) is 42.0 Å². The van der Waals surface area contributed by atoms with Crippen molar-refractivity contribution in [2.45, 2.75) is 33.5 Å². The van der Waals surface area contributed by atoms with Gasteiger partial charge in [-0.05, 0) is 72.9 Å². The number of rotatable bonds is 8. The standard InChI is InChI=1S/C25H28O4/c1-17-5-4-6-20(11-17)15-29-25-10-7-21(12-19(25)3)24-9-8-23(13-18(24)2)28-16-22(27)14-26/h4-13,22,26-27H,14-16H2,1-3H3. The number of aryl methyl sites for hydroxylation is 3. The first-order valence-electron chi connectivity index (χ1n) is 9.78. The fourth-order valence-electron chi connectivity index (χ4n) is 3.24. The summed E-state index contributed by atoms with van der Waals surface area (Å²) in [4.78, 5) is 0. The minimum Gasteiger partial charge on any atom is -0.491 e. The molecule has 4 heteroatoms. The lowest BCUT2D eigenvalue weighted by atomic mass is 9.98. The summed E-state index contributed by atoms with van der Waals surface area (Å²) in [5.74, 6) is 1.56. The molecule has 2 N–H and O–H groups in total. The van der Waals surface area contributed by atoms with Gasteiger partial charge >= 0.3 is 0 Å². The average Bonchev–Trinajstić information content (AvgIpc) is 2.71. The monoisotopic (exact) mass is 392 g/mol. The predicted molar refractivity (Wildman–Crippen MR) is 115 cm³/mol. The number of ether oxygens (including phenoxy) is 2. The van der Waals surface area contributed by atoms with Crippen LogP contribution in [0.3, 0.4) is 0 Å². The molecule has 0 aliphatic carbocycles. The van der Waals surface area contributed by atoms with Crippen LogP contribution in [0.4, 0.5) is 0 Å². The van der Waals surface area contributed by atoms with Crippen LogP contribution < -0.4 is 9.47 Å². The van der Waals surface area contributed by atoms with Gasteiger partial charge in [0.05, 0.1) is 6.61 Å². The number of hydrogen-bond donors (Lipinski definition) is 2. The Morgan fingerprint density at radius 1 is 0.862 bits per heavy atom. The molecule has 1 atom stereocenters. The second kappa shape index (κ2) is 9.59. The van der Waals surface area contributed by atoms with Crippen molar-refractivity contribution in [3.8, 4) is 22.6 Å². The van der Waals surface area contributed by atoms with E-state index in [2.05, 4.69) is 44.2 Å². The summed E-state index contributed by atoms with van der Waals surface area (Å²) >= 11 is 0. The summed E-state index contributed by atoms with van der Waals surface area (Å²) < 4.78 is 11.5. The Balaban J connectivity index is 1.70. The molecule has 0 aliphatic rings. The van der Waals surface area contributed by atoms with E-state index < -0.39 is 6.10 Å². The molecular formula is C25H28O4. The lowest BCUT2D eigenvalue weighted by molar-refractivity contribution is 0.0536. The van der Waals surface area contributed by atoms with E-state index in [-0.39, 0.29) is 13.2 Å². The SMILES string of the molecule is Cc1cccc(COc2ccc(-c3ccc(OCC(O)CO)cc3C)cc2C)c1. The van der Waals surface area contributed by atoms with Gasteiger partial charge < -0.3 is 19.7 Å². The first-order chi connectivity index (χ1) is 14.0. The maximum Gasteiger partial charge on any atom is 0.122 e. The molecule has 3 rings (SSSR count). The van der Waals surface area contributed by atoms with Crippen LogP contribution in [0.2, 0.25) is 0 Å². The van der Waals surface area contributed by atoms with Crippen LogP contribution in [0, 0.1) is 20.8 Å². The van der Waals surface area contributed by atoms with Gasteiger partial charge in [-0.25, -0.2) is 0 Å². The van der Waals surface area contributed by atoms with Crippen LogP contribution in [0.25, 0.3) is 11.1 Å². The van der Waals surface area contributed by atoms with Crippen molar-refractivity contribution in [1.29, 1.82) is 0 Å². The second-order valence-corrected chi connectivity index (χ2v) is 7.38. The summed E-state index contributed by atoms with van der Waals surface area (Å²) in [6, 6.07) is 20.4. The van der Waals surface area contributed by atoms with E-state index in [4.69, 9.17) is 14.6 Å². The maximum absolute atomic E-state index is 9.42. The van der Waals surface area contributed by atoms with Gasteiger partial charge in [0.25, 0.3) is 0 Å². The molecule has 0 bridgehead atoms. The van der Waals surface area contributed by atoms with Crippen molar-refractivity contribution in [2.75, 3.05) is 13.2 Å². The molecule has 0 aromatic heterocycles. The van der Waals surface area contributed by atoms with Gasteiger partial charge in [0.2, 0.25) is 0 Å². The molecule has 0 fully saturated rings. The molecule has 0 saturated heterocycles. The molecule has 0 aliphatic heterocycles. The fourth-order valence-corrected chi connectivity index (χ4v) is 3.24. The summed E-state index contributed by atoms with van der Waals surface area (Å²) in [6.07, 6.45) is -0.870. The topological polar surface area (TPSA) is 58.9 Å². The van der Waals surface area contributed by atoms with Gasteiger partial charge in [-0.15, -0.1) is 0 Å². The normalized spacial score (nSPS) is 11.9. The Kier molecular flexibility index (Phi) is 6.91. The highest BCUT2D eigenvalue weighted by molar-refractivity contribution is 5.69. The lowest BCUT2D eigenvalue weighted by Crippen LogP contribution is -2.21. The van der Waals surface area contributed by atoms with Crippen LogP contribution in [0.1, 0.15) is 22.3 Å². The Hall–Kier alpha value is -2.82. The average molecular weight is 392 g/mol. The first-order valence-corrected chi connectivity index (χ1v) is 9.78. The van der Waals surface area contributed by atoms with E-state index in [1.54, 1.807) is 0 Å². The zero-order chi connectivity index (χ0) is 20.8. The Morgan fingerprint density at radius 3 is 2.38 bits per heavy atom. The van der Waals surface area contributed by atoms with Crippen molar-refractivity contribution in [3.63, 3.8) is 0 Å². The first kappa shape index (κ1) is 20.9. The van der Waals surface area contributed by atoms with Gasteiger partial charge in [0, 0.05) is 0 Å². The van der Waals surface area contributed by atoms with Crippen molar-refractivity contribution in [3.05, 3.63) is 82.9 Å². The molecule has 0 radical (unpaired) electrons. The molecule has 4 nitrogen and oxygen atoms in total. The Bertz CT molecular complexity index is 965. The highest BCUT2D eigenvalue weighted by Crippen LogP contribution is 2.31. The quantitative estimate of drug-likeness (QED) is 0.589. The molecule has 1 unspecified atom stereocenters. The molecule has 0 spiro atoms. The third-order valence-electron chi connectivity index (χ3n) is 4.81. The fraction of sp³-hybridized carbons (Fsp3) is 0.280. The number of aliphatic hydroxyl groups excluding tert-OH is 2. The van der Waals surface area contributed by atoms with Crippen LogP contribution >= 0.6 is 0 Å². The van der Waals surface area contributed by atoms with Crippen molar-refractivity contribution >= 4 is 0 Å². The predicted octanol–water partition coefficient (Wildman–Crippen LogP) is 4.59. The van der Waals surface area contributed by atoms with Gasteiger partial charge in [0.1, 0.15) is 30.8 Å². The number of aliphatic hydroxyl groups is 2. The number of hydrogen-bond acceptors (Lipinski definition) is 4. The molecule has 0 heterocycles. The molecular weight excluding hydrogens is 364 g/mol. The highest BCUT2D eigenvalue weighted by Gasteiger charge is 2.09. The van der Waals surface area contributed by atoms with Crippen molar-refractivity contribution in [2.24, 2.45) is 0 Å². The Labute approximate surface area is 172 Å². The third kappa shape index (κ3) is 5.59. The molecule has 3 aromatic carbocycles. The summed E-state index contributed by atoms with van der Waals surface area (Å²) in [6.45, 7) is 6.47. The smallest absolute Gasteiger partial charge is 0.122 e. The second-order valence-electron chi connectivity index (χ2n) is 7.38. The maximum atomic E-state index is 9.42. The largest absolute Gasteiger partial charge is 0.491 e. The van der Waals surface area contributed by atoms with Gasteiger partial charge in [-0.2, -0.15) is 0 Å². The van der Waals surface area contributed by atoms with Crippen molar-refractivity contribution in [1.82, 2.24) is 0 Å². The molecule has 0 amide bonds. The molecule has 0 saturated carbocycles. The van der Waals surface area contributed by atoms with E-state index in [0.717, 1.165) is 33.6 Å². The zero-order valence-electron chi connectivity index (χ0n) is 17.2. The van der Waals surface area contributed by atoms with E-state index in [1.165, 1.54) is 5.56 Å². The third-order valence-corrected chi connectivity index (χ3v) is 4.81. The van der Waals surface area contributed by atoms with Crippen LogP contribution in [0.5, 0.6) is 11.5 Å². The number of benzene rings is 3. The summed E-state index contributed by atoms with van der Waals surface area (Å²) in [5, 5.41) is 18.3. The molecule has 3 aromatic rings. The van der Waals surface area contributed by atoms with Crippen LogP contribution in [0.15, 0.2) is 60.7 Å². The van der Waals surface area contributed by atoms with Crippen LogP contribution in [-0.2, 0) is 6.61 Å². The van der Waals surface area contributed by atoms with Crippen molar-refractivity contribution < 1.29 is 19.7 Å². The van der Waals surface area contributed by atoms with E-state index in [1.807, 2.05) is 37.3 Å². The summed E-state index contributed by atoms with van der Waals surface area (Å²) in [5.41, 5.74) is 6.78. The zero-order valence-corrected chi connectivity index (χ0v) is 17.2. The lowest BCUT2D eigenvalue weighted by Gasteiger charge is -2.14. The van der Waals surface area contributed by atoms with Gasteiger partial charge in [0.15, 0.2) is 0 Å². The highest BCUT2D eigenvalue weighted by atomic mass is 16.5. The molecule has 29 heavy (non-hydrogen) atoms. The minimum atomic E-state index is -0.870. The summed E-state index contributed by atoms with van der Waals surface area (Å²) in [7, 11) is 0. The van der Waals surface area contributed by atoms with E-state index in [9.17, 15) is 5.11 Å². The van der Waals surface area contributed by atoms with E-state index in [0.29, 0.717) is 12.4 Å². The minimum absolute atomic E-state index is 0.0708.